The van der Waals surface area contributed by atoms with E-state index in [1.165, 1.54) is 13.8 Å². The van der Waals surface area contributed by atoms with Crippen molar-refractivity contribution in [3.63, 3.8) is 0 Å². The number of carbonyl (C=O) groups is 2. The van der Waals surface area contributed by atoms with Gasteiger partial charge in [-0.15, -0.1) is 0 Å². The SMILES string of the molecule is CC(=O)OC(C)OC(=O)CC1CC1. The molecule has 4 heteroatoms. The van der Waals surface area contributed by atoms with Gasteiger partial charge in [-0.2, -0.15) is 0 Å². The molecule has 1 unspecified atom stereocenters. The summed E-state index contributed by atoms with van der Waals surface area (Å²) in [6.45, 7) is 2.82. The fraction of sp³-hybridized carbons (Fsp3) is 0.778. The Morgan fingerprint density at radius 1 is 1.38 bits per heavy atom. The Balaban J connectivity index is 2.13. The van der Waals surface area contributed by atoms with E-state index in [1.807, 2.05) is 0 Å². The molecule has 0 heterocycles. The zero-order valence-corrected chi connectivity index (χ0v) is 7.91. The summed E-state index contributed by atoms with van der Waals surface area (Å²) in [7, 11) is 0. The fourth-order valence-electron chi connectivity index (χ4n) is 1.05. The van der Waals surface area contributed by atoms with Gasteiger partial charge in [0.2, 0.25) is 6.29 Å². The molecule has 0 saturated heterocycles. The van der Waals surface area contributed by atoms with Crippen molar-refractivity contribution in [2.75, 3.05) is 0 Å². The fourth-order valence-corrected chi connectivity index (χ4v) is 1.05. The van der Waals surface area contributed by atoms with Crippen molar-refractivity contribution >= 4 is 11.9 Å². The van der Waals surface area contributed by atoms with Crippen LogP contribution in [0.4, 0.5) is 0 Å². The zero-order chi connectivity index (χ0) is 9.84. The zero-order valence-electron chi connectivity index (χ0n) is 7.91. The van der Waals surface area contributed by atoms with Gasteiger partial charge in [-0.3, -0.25) is 9.59 Å². The molecule has 0 bridgehead atoms. The third-order valence-electron chi connectivity index (χ3n) is 1.78. The number of hydrogen-bond acceptors (Lipinski definition) is 4. The maximum absolute atomic E-state index is 11.1. The first-order valence-electron chi connectivity index (χ1n) is 4.44. The quantitative estimate of drug-likeness (QED) is 0.489. The monoisotopic (exact) mass is 186 g/mol. The normalized spacial score (nSPS) is 17.7. The molecule has 0 amide bonds. The predicted molar refractivity (Wildman–Crippen MR) is 44.7 cm³/mol. The van der Waals surface area contributed by atoms with Crippen molar-refractivity contribution in [1.82, 2.24) is 0 Å². The molecule has 0 spiro atoms. The lowest BCUT2D eigenvalue weighted by Gasteiger charge is -2.12. The van der Waals surface area contributed by atoms with E-state index >= 15 is 0 Å². The molecule has 0 N–H and O–H groups in total. The Kier molecular flexibility index (Phi) is 3.28. The second kappa shape index (κ2) is 4.25. The second-order valence-corrected chi connectivity index (χ2v) is 3.31. The van der Waals surface area contributed by atoms with Gasteiger partial charge in [0.1, 0.15) is 0 Å². The maximum atomic E-state index is 11.1. The van der Waals surface area contributed by atoms with Crippen LogP contribution in [0.2, 0.25) is 0 Å². The summed E-state index contributed by atoms with van der Waals surface area (Å²) in [4.78, 5) is 21.5. The molecule has 0 aromatic rings. The minimum Gasteiger partial charge on any atom is -0.426 e. The van der Waals surface area contributed by atoms with E-state index in [2.05, 4.69) is 4.74 Å². The van der Waals surface area contributed by atoms with Crippen LogP contribution in [0.15, 0.2) is 0 Å². The summed E-state index contributed by atoms with van der Waals surface area (Å²) in [5.74, 6) is -0.222. The van der Waals surface area contributed by atoms with E-state index in [0.717, 1.165) is 12.8 Å². The van der Waals surface area contributed by atoms with E-state index in [-0.39, 0.29) is 5.97 Å². The van der Waals surface area contributed by atoms with Gasteiger partial charge in [0, 0.05) is 20.3 Å². The maximum Gasteiger partial charge on any atom is 0.309 e. The summed E-state index contributed by atoms with van der Waals surface area (Å²) in [6.07, 6.45) is 1.91. The van der Waals surface area contributed by atoms with Crippen molar-refractivity contribution in [3.05, 3.63) is 0 Å². The first-order valence-corrected chi connectivity index (χ1v) is 4.44. The molecule has 13 heavy (non-hydrogen) atoms. The Hall–Kier alpha value is -1.06. The van der Waals surface area contributed by atoms with E-state index in [9.17, 15) is 9.59 Å². The van der Waals surface area contributed by atoms with Crippen LogP contribution in [-0.2, 0) is 19.1 Å². The molecule has 1 saturated carbocycles. The van der Waals surface area contributed by atoms with Gasteiger partial charge in [0.05, 0.1) is 0 Å². The van der Waals surface area contributed by atoms with Gasteiger partial charge in [-0.05, 0) is 18.8 Å². The topological polar surface area (TPSA) is 52.6 Å². The molecule has 1 aliphatic carbocycles. The highest BCUT2D eigenvalue weighted by atomic mass is 16.7. The standard InChI is InChI=1S/C9H14O4/c1-6(10)12-7(2)13-9(11)5-8-3-4-8/h7-8H,3-5H2,1-2H3. The van der Waals surface area contributed by atoms with Crippen LogP contribution in [0.5, 0.6) is 0 Å². The van der Waals surface area contributed by atoms with Crippen molar-refractivity contribution in [3.8, 4) is 0 Å². The Bertz CT molecular complexity index is 208. The average Bonchev–Trinajstić information content (AvgIpc) is 2.67. The number of carbonyl (C=O) groups excluding carboxylic acids is 2. The lowest BCUT2D eigenvalue weighted by Crippen LogP contribution is -2.20. The van der Waals surface area contributed by atoms with Gasteiger partial charge in [-0.1, -0.05) is 0 Å². The molecule has 4 nitrogen and oxygen atoms in total. The van der Waals surface area contributed by atoms with Gasteiger partial charge in [0.15, 0.2) is 0 Å². The Morgan fingerprint density at radius 2 is 2.00 bits per heavy atom. The first kappa shape index (κ1) is 10.0. The van der Waals surface area contributed by atoms with Gasteiger partial charge in [-0.25, -0.2) is 0 Å². The first-order chi connectivity index (χ1) is 6.08. The molecule has 0 aromatic carbocycles. The van der Waals surface area contributed by atoms with Crippen molar-refractivity contribution in [2.45, 2.75) is 39.4 Å². The summed E-state index contributed by atoms with van der Waals surface area (Å²) in [5, 5.41) is 0. The second-order valence-electron chi connectivity index (χ2n) is 3.31. The highest BCUT2D eigenvalue weighted by Crippen LogP contribution is 2.32. The van der Waals surface area contributed by atoms with Gasteiger partial charge in [0.25, 0.3) is 0 Å². The average molecular weight is 186 g/mol. The molecule has 74 valence electrons. The number of rotatable bonds is 4. The van der Waals surface area contributed by atoms with E-state index in [0.29, 0.717) is 12.3 Å². The predicted octanol–water partition coefficient (Wildman–Crippen LogP) is 1.24. The van der Waals surface area contributed by atoms with E-state index in [4.69, 9.17) is 4.74 Å². The highest BCUT2D eigenvalue weighted by Gasteiger charge is 2.26. The van der Waals surface area contributed by atoms with Crippen LogP contribution in [0.3, 0.4) is 0 Å². The number of hydrogen-bond donors (Lipinski definition) is 0. The minimum atomic E-state index is -0.760. The number of esters is 2. The Labute approximate surface area is 77.2 Å². The molecule has 1 fully saturated rings. The summed E-state index contributed by atoms with van der Waals surface area (Å²) in [6, 6.07) is 0. The largest absolute Gasteiger partial charge is 0.426 e. The van der Waals surface area contributed by atoms with Crippen molar-refractivity contribution < 1.29 is 19.1 Å². The molecular formula is C9H14O4. The minimum absolute atomic E-state index is 0.281. The van der Waals surface area contributed by atoms with Gasteiger partial charge < -0.3 is 9.47 Å². The lowest BCUT2D eigenvalue weighted by atomic mass is 10.3. The van der Waals surface area contributed by atoms with Crippen LogP contribution in [0.1, 0.15) is 33.1 Å². The van der Waals surface area contributed by atoms with Crippen LogP contribution in [0.25, 0.3) is 0 Å². The van der Waals surface area contributed by atoms with Crippen LogP contribution >= 0.6 is 0 Å². The molecular weight excluding hydrogens is 172 g/mol. The van der Waals surface area contributed by atoms with Crippen molar-refractivity contribution in [2.24, 2.45) is 5.92 Å². The smallest absolute Gasteiger partial charge is 0.309 e. The molecule has 1 atom stereocenters. The van der Waals surface area contributed by atoms with Crippen LogP contribution < -0.4 is 0 Å². The molecule has 0 aliphatic heterocycles. The van der Waals surface area contributed by atoms with Crippen LogP contribution in [0, 0.1) is 5.92 Å². The summed E-state index contributed by atoms with van der Waals surface area (Å²) in [5.41, 5.74) is 0. The molecule has 1 aliphatic rings. The molecule has 0 aromatic heterocycles. The van der Waals surface area contributed by atoms with Crippen molar-refractivity contribution in [1.29, 1.82) is 0 Å². The third kappa shape index (κ3) is 4.50. The third-order valence-corrected chi connectivity index (χ3v) is 1.78. The lowest BCUT2D eigenvalue weighted by molar-refractivity contribution is -0.183. The number of ether oxygens (including phenoxy) is 2. The molecule has 0 radical (unpaired) electrons. The van der Waals surface area contributed by atoms with E-state index < -0.39 is 12.3 Å². The summed E-state index contributed by atoms with van der Waals surface area (Å²) >= 11 is 0. The van der Waals surface area contributed by atoms with Crippen LogP contribution in [-0.4, -0.2) is 18.2 Å². The Morgan fingerprint density at radius 3 is 2.46 bits per heavy atom. The van der Waals surface area contributed by atoms with E-state index in [1.54, 1.807) is 0 Å². The summed E-state index contributed by atoms with van der Waals surface area (Å²) < 4.78 is 9.47. The molecule has 1 rings (SSSR count). The highest BCUT2D eigenvalue weighted by molar-refractivity contribution is 5.70. The van der Waals surface area contributed by atoms with Gasteiger partial charge >= 0.3 is 11.9 Å².